The van der Waals surface area contributed by atoms with Crippen molar-refractivity contribution in [1.29, 1.82) is 0 Å². The average molecular weight is 171 g/mol. The standard InChI is InChI=1S/C12H13N/c1-9-7-10-5-3-4-6-11(10)12(8-9)13-2/h3-8,13H,1-2H3. The minimum atomic E-state index is 1.20. The van der Waals surface area contributed by atoms with Crippen LogP contribution in [0.4, 0.5) is 5.69 Å². The highest BCUT2D eigenvalue weighted by atomic mass is 14.8. The highest BCUT2D eigenvalue weighted by Crippen LogP contribution is 2.24. The summed E-state index contributed by atoms with van der Waals surface area (Å²) in [6, 6.07) is 12.8. The molecule has 0 saturated carbocycles. The molecule has 0 atom stereocenters. The van der Waals surface area contributed by atoms with E-state index in [-0.39, 0.29) is 0 Å². The third kappa shape index (κ3) is 1.37. The maximum Gasteiger partial charge on any atom is 0.0419 e. The molecule has 0 radical (unpaired) electrons. The molecule has 0 aliphatic carbocycles. The predicted octanol–water partition coefficient (Wildman–Crippen LogP) is 3.19. The topological polar surface area (TPSA) is 12.0 Å². The van der Waals surface area contributed by atoms with E-state index in [0.717, 1.165) is 0 Å². The van der Waals surface area contributed by atoms with Crippen molar-refractivity contribution in [3.63, 3.8) is 0 Å². The lowest BCUT2D eigenvalue weighted by atomic mass is 10.1. The molecule has 2 rings (SSSR count). The fraction of sp³-hybridized carbons (Fsp3) is 0.167. The van der Waals surface area contributed by atoms with Gasteiger partial charge in [-0.2, -0.15) is 0 Å². The number of anilines is 1. The van der Waals surface area contributed by atoms with Crippen molar-refractivity contribution >= 4 is 16.5 Å². The van der Waals surface area contributed by atoms with Crippen LogP contribution in [-0.2, 0) is 0 Å². The monoisotopic (exact) mass is 171 g/mol. The van der Waals surface area contributed by atoms with E-state index >= 15 is 0 Å². The van der Waals surface area contributed by atoms with E-state index in [1.807, 2.05) is 7.05 Å². The lowest BCUT2D eigenvalue weighted by Gasteiger charge is -2.06. The van der Waals surface area contributed by atoms with Gasteiger partial charge in [-0.25, -0.2) is 0 Å². The number of hydrogen-bond donors (Lipinski definition) is 1. The molecule has 2 aromatic carbocycles. The quantitative estimate of drug-likeness (QED) is 0.694. The van der Waals surface area contributed by atoms with E-state index in [2.05, 4.69) is 48.6 Å². The lowest BCUT2D eigenvalue weighted by Crippen LogP contribution is -1.90. The summed E-state index contributed by atoms with van der Waals surface area (Å²) in [6.07, 6.45) is 0. The van der Waals surface area contributed by atoms with Crippen LogP contribution < -0.4 is 5.32 Å². The Balaban J connectivity index is 2.81. The van der Waals surface area contributed by atoms with Gasteiger partial charge in [-0.05, 0) is 23.9 Å². The number of benzene rings is 2. The Hall–Kier alpha value is -1.50. The van der Waals surface area contributed by atoms with Gasteiger partial charge in [0.1, 0.15) is 0 Å². The van der Waals surface area contributed by atoms with Crippen LogP contribution >= 0.6 is 0 Å². The highest BCUT2D eigenvalue weighted by molar-refractivity contribution is 5.94. The largest absolute Gasteiger partial charge is 0.388 e. The Morgan fingerprint density at radius 1 is 1.08 bits per heavy atom. The second-order valence-corrected chi connectivity index (χ2v) is 3.28. The van der Waals surface area contributed by atoms with Crippen molar-refractivity contribution < 1.29 is 0 Å². The summed E-state index contributed by atoms with van der Waals surface area (Å²) in [7, 11) is 1.96. The van der Waals surface area contributed by atoms with E-state index < -0.39 is 0 Å². The van der Waals surface area contributed by atoms with E-state index in [1.54, 1.807) is 0 Å². The van der Waals surface area contributed by atoms with Gasteiger partial charge in [0, 0.05) is 18.1 Å². The van der Waals surface area contributed by atoms with Gasteiger partial charge in [0.2, 0.25) is 0 Å². The van der Waals surface area contributed by atoms with Crippen molar-refractivity contribution in [3.05, 3.63) is 42.0 Å². The minimum Gasteiger partial charge on any atom is -0.388 e. The van der Waals surface area contributed by atoms with Crippen molar-refractivity contribution in [2.75, 3.05) is 12.4 Å². The summed E-state index contributed by atoms with van der Waals surface area (Å²) in [5, 5.41) is 5.80. The van der Waals surface area contributed by atoms with Crippen LogP contribution in [0.15, 0.2) is 36.4 Å². The molecule has 0 aliphatic rings. The van der Waals surface area contributed by atoms with Gasteiger partial charge in [0.05, 0.1) is 0 Å². The summed E-state index contributed by atoms with van der Waals surface area (Å²) in [5.41, 5.74) is 2.50. The molecule has 0 aliphatic heterocycles. The lowest BCUT2D eigenvalue weighted by molar-refractivity contribution is 1.46. The highest BCUT2D eigenvalue weighted by Gasteiger charge is 1.98. The van der Waals surface area contributed by atoms with Gasteiger partial charge in [-0.15, -0.1) is 0 Å². The summed E-state index contributed by atoms with van der Waals surface area (Å²) >= 11 is 0. The van der Waals surface area contributed by atoms with Crippen LogP contribution in [0.3, 0.4) is 0 Å². The zero-order chi connectivity index (χ0) is 9.26. The maximum atomic E-state index is 3.21. The zero-order valence-corrected chi connectivity index (χ0v) is 7.96. The van der Waals surface area contributed by atoms with Gasteiger partial charge in [0.15, 0.2) is 0 Å². The van der Waals surface area contributed by atoms with Crippen LogP contribution in [0.5, 0.6) is 0 Å². The Kier molecular flexibility index (Phi) is 1.93. The summed E-state index contributed by atoms with van der Waals surface area (Å²) in [4.78, 5) is 0. The molecule has 1 nitrogen and oxygen atoms in total. The fourth-order valence-corrected chi connectivity index (χ4v) is 1.67. The third-order valence-corrected chi connectivity index (χ3v) is 2.28. The van der Waals surface area contributed by atoms with Gasteiger partial charge in [-0.1, -0.05) is 30.3 Å². The average Bonchev–Trinajstić information content (AvgIpc) is 2.16. The van der Waals surface area contributed by atoms with Crippen molar-refractivity contribution in [3.8, 4) is 0 Å². The predicted molar refractivity (Wildman–Crippen MR) is 58.2 cm³/mol. The second kappa shape index (κ2) is 3.09. The van der Waals surface area contributed by atoms with Gasteiger partial charge in [-0.3, -0.25) is 0 Å². The molecule has 0 saturated heterocycles. The van der Waals surface area contributed by atoms with Gasteiger partial charge < -0.3 is 5.32 Å². The fourth-order valence-electron chi connectivity index (χ4n) is 1.67. The molecule has 0 spiro atoms. The van der Waals surface area contributed by atoms with Crippen molar-refractivity contribution in [1.82, 2.24) is 0 Å². The normalized spacial score (nSPS) is 10.3. The van der Waals surface area contributed by atoms with Gasteiger partial charge >= 0.3 is 0 Å². The summed E-state index contributed by atoms with van der Waals surface area (Å²) in [6.45, 7) is 2.12. The third-order valence-electron chi connectivity index (χ3n) is 2.28. The second-order valence-electron chi connectivity index (χ2n) is 3.28. The Labute approximate surface area is 78.4 Å². The molecule has 0 aromatic heterocycles. The van der Waals surface area contributed by atoms with E-state index in [4.69, 9.17) is 0 Å². The first-order chi connectivity index (χ1) is 6.31. The molecule has 2 aromatic rings. The molecule has 1 N–H and O–H groups in total. The van der Waals surface area contributed by atoms with E-state index in [9.17, 15) is 0 Å². The molecule has 66 valence electrons. The number of hydrogen-bond acceptors (Lipinski definition) is 1. The number of nitrogens with one attached hydrogen (secondary N) is 1. The van der Waals surface area contributed by atoms with Crippen LogP contribution in [0.2, 0.25) is 0 Å². The molecular weight excluding hydrogens is 158 g/mol. The van der Waals surface area contributed by atoms with Crippen LogP contribution in [0, 0.1) is 6.92 Å². The molecule has 1 heteroatoms. The molecule has 0 amide bonds. The zero-order valence-electron chi connectivity index (χ0n) is 7.96. The Morgan fingerprint density at radius 2 is 1.85 bits per heavy atom. The first kappa shape index (κ1) is 8.11. The van der Waals surface area contributed by atoms with Crippen LogP contribution in [0.1, 0.15) is 5.56 Å². The molecule has 0 bridgehead atoms. The Bertz CT molecular complexity index is 432. The molecule has 0 fully saturated rings. The van der Waals surface area contributed by atoms with Gasteiger partial charge in [0.25, 0.3) is 0 Å². The van der Waals surface area contributed by atoms with Crippen molar-refractivity contribution in [2.24, 2.45) is 0 Å². The van der Waals surface area contributed by atoms with Crippen LogP contribution in [0.25, 0.3) is 10.8 Å². The first-order valence-electron chi connectivity index (χ1n) is 4.48. The molecule has 0 unspecified atom stereocenters. The minimum absolute atomic E-state index is 1.20. The summed E-state index contributed by atoms with van der Waals surface area (Å²) < 4.78 is 0. The summed E-state index contributed by atoms with van der Waals surface area (Å²) in [5.74, 6) is 0. The van der Waals surface area contributed by atoms with Crippen LogP contribution in [-0.4, -0.2) is 7.05 Å². The molecule has 0 heterocycles. The van der Waals surface area contributed by atoms with Crippen molar-refractivity contribution in [2.45, 2.75) is 6.92 Å². The van der Waals surface area contributed by atoms with E-state index in [1.165, 1.54) is 22.0 Å². The molecule has 13 heavy (non-hydrogen) atoms. The molecular formula is C12H13N. The Morgan fingerprint density at radius 3 is 2.62 bits per heavy atom. The van der Waals surface area contributed by atoms with E-state index in [0.29, 0.717) is 0 Å². The number of rotatable bonds is 1. The number of fused-ring (bicyclic) bond motifs is 1. The maximum absolute atomic E-state index is 3.21. The number of aryl methyl sites for hydroxylation is 1. The SMILES string of the molecule is CNc1cc(C)cc2ccccc12. The first-order valence-corrected chi connectivity index (χ1v) is 4.48. The smallest absolute Gasteiger partial charge is 0.0419 e.